The maximum absolute atomic E-state index is 11.0. The largest absolute Gasteiger partial charge is 0.404 e. The second-order valence-electron chi connectivity index (χ2n) is 2.55. The van der Waals surface area contributed by atoms with E-state index in [0.717, 1.165) is 5.57 Å². The Labute approximate surface area is 72.4 Å². The van der Waals surface area contributed by atoms with Crippen LogP contribution in [-0.4, -0.2) is 5.78 Å². The highest BCUT2D eigenvalue weighted by Crippen LogP contribution is 2.07. The van der Waals surface area contributed by atoms with Gasteiger partial charge in [-0.3, -0.25) is 4.79 Å². The van der Waals surface area contributed by atoms with Gasteiger partial charge in [-0.1, -0.05) is 6.58 Å². The van der Waals surface area contributed by atoms with Crippen LogP contribution in [0.3, 0.4) is 0 Å². The van der Waals surface area contributed by atoms with Gasteiger partial charge in [-0.25, -0.2) is 0 Å². The lowest BCUT2D eigenvalue weighted by Gasteiger charge is -2.01. The molecule has 66 valence electrons. The topological polar surface area (TPSA) is 69.1 Å². The number of ketones is 1. The molecule has 0 radical (unpaired) electrons. The normalized spacial score (nSPS) is 12.8. The molecule has 0 unspecified atom stereocenters. The highest BCUT2D eigenvalue weighted by atomic mass is 16.1. The summed E-state index contributed by atoms with van der Waals surface area (Å²) in [5.74, 6) is -0.108. The molecular formula is C9H14N2O. The van der Waals surface area contributed by atoms with Gasteiger partial charge >= 0.3 is 0 Å². The van der Waals surface area contributed by atoms with Crippen molar-refractivity contribution in [2.45, 2.75) is 13.8 Å². The fraction of sp³-hybridized carbons (Fsp3) is 0.222. The quantitative estimate of drug-likeness (QED) is 0.482. The lowest BCUT2D eigenvalue weighted by atomic mass is 10.1. The summed E-state index contributed by atoms with van der Waals surface area (Å²) in [6, 6.07) is 0. The van der Waals surface area contributed by atoms with E-state index < -0.39 is 0 Å². The minimum Gasteiger partial charge on any atom is -0.404 e. The van der Waals surface area contributed by atoms with Gasteiger partial charge in [0.15, 0.2) is 5.78 Å². The smallest absolute Gasteiger partial charge is 0.161 e. The molecule has 0 fully saturated rings. The second-order valence-corrected chi connectivity index (χ2v) is 2.55. The molecule has 0 atom stereocenters. The van der Waals surface area contributed by atoms with Gasteiger partial charge in [-0.15, -0.1) is 0 Å². The summed E-state index contributed by atoms with van der Waals surface area (Å²) in [5, 5.41) is 0. The van der Waals surface area contributed by atoms with E-state index in [4.69, 9.17) is 11.5 Å². The summed E-state index contributed by atoms with van der Waals surface area (Å²) >= 11 is 0. The third-order valence-electron chi connectivity index (χ3n) is 1.36. The van der Waals surface area contributed by atoms with Crippen LogP contribution in [0, 0.1) is 0 Å². The van der Waals surface area contributed by atoms with Crippen LogP contribution in [0.2, 0.25) is 0 Å². The van der Waals surface area contributed by atoms with Gasteiger partial charge in [0.1, 0.15) is 0 Å². The molecule has 0 aromatic rings. The molecule has 12 heavy (non-hydrogen) atoms. The molecular weight excluding hydrogens is 152 g/mol. The highest BCUT2D eigenvalue weighted by Gasteiger charge is 2.04. The fourth-order valence-electron chi connectivity index (χ4n) is 0.696. The molecule has 0 bridgehead atoms. The summed E-state index contributed by atoms with van der Waals surface area (Å²) in [6.45, 7) is 6.71. The van der Waals surface area contributed by atoms with Gasteiger partial charge in [0, 0.05) is 11.3 Å². The minimum atomic E-state index is -0.108. The second kappa shape index (κ2) is 4.38. The summed E-state index contributed by atoms with van der Waals surface area (Å²) in [5.41, 5.74) is 12.1. The molecule has 0 aromatic carbocycles. The molecule has 0 saturated heterocycles. The standard InChI is InChI=1S/C9H14N2O/c1-6(5-10)4-9(7(2)11)8(3)12/h4-5H,2,10-11H2,1,3H3/b6-5-,9-4+. The molecule has 3 heteroatoms. The van der Waals surface area contributed by atoms with Gasteiger partial charge in [-0.2, -0.15) is 0 Å². The molecule has 4 N–H and O–H groups in total. The number of rotatable bonds is 3. The van der Waals surface area contributed by atoms with Crippen molar-refractivity contribution < 1.29 is 4.79 Å². The SMILES string of the molecule is C=C(N)/C(=C\C(C)=C/N)C(C)=O. The number of hydrogen-bond acceptors (Lipinski definition) is 3. The molecule has 0 aliphatic rings. The van der Waals surface area contributed by atoms with Crippen molar-refractivity contribution in [1.82, 2.24) is 0 Å². The maximum atomic E-state index is 11.0. The molecule has 3 nitrogen and oxygen atoms in total. The lowest BCUT2D eigenvalue weighted by Crippen LogP contribution is -2.07. The predicted octanol–water partition coefficient (Wildman–Crippen LogP) is 0.837. The van der Waals surface area contributed by atoms with Crippen LogP contribution in [0.15, 0.2) is 35.7 Å². The first-order valence-corrected chi connectivity index (χ1v) is 3.55. The zero-order chi connectivity index (χ0) is 9.72. The van der Waals surface area contributed by atoms with Crippen molar-refractivity contribution in [2.24, 2.45) is 11.5 Å². The Morgan fingerprint density at radius 2 is 1.92 bits per heavy atom. The summed E-state index contributed by atoms with van der Waals surface area (Å²) in [6.07, 6.45) is 3.02. The fourth-order valence-corrected chi connectivity index (χ4v) is 0.696. The van der Waals surface area contributed by atoms with Crippen LogP contribution in [0.25, 0.3) is 0 Å². The monoisotopic (exact) mass is 166 g/mol. The van der Waals surface area contributed by atoms with Crippen LogP contribution < -0.4 is 11.5 Å². The van der Waals surface area contributed by atoms with Crippen molar-refractivity contribution in [3.05, 3.63) is 35.7 Å². The first-order valence-electron chi connectivity index (χ1n) is 3.55. The maximum Gasteiger partial charge on any atom is 0.161 e. The number of carbonyl (C=O) groups is 1. The number of allylic oxidation sites excluding steroid dienone is 3. The van der Waals surface area contributed by atoms with E-state index in [1.165, 1.54) is 13.1 Å². The third kappa shape index (κ3) is 3.05. The molecule has 0 aromatic heterocycles. The van der Waals surface area contributed by atoms with Crippen molar-refractivity contribution in [1.29, 1.82) is 0 Å². The Morgan fingerprint density at radius 3 is 2.17 bits per heavy atom. The number of nitrogens with two attached hydrogens (primary N) is 2. The van der Waals surface area contributed by atoms with Crippen LogP contribution in [0.4, 0.5) is 0 Å². The van der Waals surface area contributed by atoms with Crippen molar-refractivity contribution in [3.63, 3.8) is 0 Å². The summed E-state index contributed by atoms with van der Waals surface area (Å²) in [4.78, 5) is 11.0. The van der Waals surface area contributed by atoms with Crippen LogP contribution in [-0.2, 0) is 4.79 Å². The highest BCUT2D eigenvalue weighted by molar-refractivity contribution is 5.97. The average molecular weight is 166 g/mol. The lowest BCUT2D eigenvalue weighted by molar-refractivity contribution is -0.113. The molecule has 0 amide bonds. The molecule has 0 spiro atoms. The van der Waals surface area contributed by atoms with Gasteiger partial charge in [0.2, 0.25) is 0 Å². The number of Topliss-reactive ketones (excluding diaryl/α,β-unsaturated/α-hetero) is 1. The van der Waals surface area contributed by atoms with Crippen LogP contribution in [0.5, 0.6) is 0 Å². The first-order chi connectivity index (χ1) is 5.49. The van der Waals surface area contributed by atoms with Crippen molar-refractivity contribution >= 4 is 5.78 Å². The van der Waals surface area contributed by atoms with Crippen LogP contribution in [0.1, 0.15) is 13.8 Å². The molecule has 0 heterocycles. The van der Waals surface area contributed by atoms with E-state index in [1.807, 2.05) is 0 Å². The molecule has 0 saturated carbocycles. The van der Waals surface area contributed by atoms with Gasteiger partial charge in [0.25, 0.3) is 0 Å². The zero-order valence-electron chi connectivity index (χ0n) is 7.42. The summed E-state index contributed by atoms with van der Waals surface area (Å²) in [7, 11) is 0. The average Bonchev–Trinajstić information content (AvgIpc) is 1.98. The van der Waals surface area contributed by atoms with Crippen molar-refractivity contribution in [3.8, 4) is 0 Å². The Kier molecular flexibility index (Phi) is 3.83. The number of carbonyl (C=O) groups excluding carboxylic acids is 1. The molecule has 0 aliphatic heterocycles. The summed E-state index contributed by atoms with van der Waals surface area (Å²) < 4.78 is 0. The first kappa shape index (κ1) is 10.5. The Morgan fingerprint density at radius 1 is 1.42 bits per heavy atom. The Balaban J connectivity index is 4.87. The van der Waals surface area contributed by atoms with E-state index in [0.29, 0.717) is 5.57 Å². The van der Waals surface area contributed by atoms with Gasteiger partial charge in [-0.05, 0) is 31.7 Å². The van der Waals surface area contributed by atoms with E-state index in [2.05, 4.69) is 6.58 Å². The van der Waals surface area contributed by atoms with Gasteiger partial charge < -0.3 is 11.5 Å². The minimum absolute atomic E-state index is 0.108. The Bertz CT molecular complexity index is 246. The predicted molar refractivity (Wildman–Crippen MR) is 50.0 cm³/mol. The zero-order valence-corrected chi connectivity index (χ0v) is 7.42. The van der Waals surface area contributed by atoms with E-state index in [-0.39, 0.29) is 11.5 Å². The van der Waals surface area contributed by atoms with E-state index >= 15 is 0 Å². The van der Waals surface area contributed by atoms with Crippen LogP contribution >= 0.6 is 0 Å². The van der Waals surface area contributed by atoms with E-state index in [9.17, 15) is 4.79 Å². The molecule has 0 aliphatic carbocycles. The van der Waals surface area contributed by atoms with Gasteiger partial charge in [0.05, 0.1) is 0 Å². The molecule has 0 rings (SSSR count). The third-order valence-corrected chi connectivity index (χ3v) is 1.36. The van der Waals surface area contributed by atoms with Crippen molar-refractivity contribution in [2.75, 3.05) is 0 Å². The van der Waals surface area contributed by atoms with E-state index in [1.54, 1.807) is 13.0 Å². The number of hydrogen-bond donors (Lipinski definition) is 2. The Hall–Kier alpha value is -1.51.